The van der Waals surface area contributed by atoms with E-state index in [9.17, 15) is 18.4 Å². The molecule has 21 heavy (non-hydrogen) atoms. The van der Waals surface area contributed by atoms with Gasteiger partial charge in [0, 0.05) is 19.5 Å². The number of amides is 1. The molecule has 1 N–H and O–H groups in total. The smallest absolute Gasteiger partial charge is 0.309 e. The van der Waals surface area contributed by atoms with E-state index in [1.54, 1.807) is 11.8 Å². The number of hydrogen-bond donors (Lipinski definition) is 1. The Morgan fingerprint density at radius 1 is 1.33 bits per heavy atom. The van der Waals surface area contributed by atoms with E-state index >= 15 is 0 Å². The fourth-order valence-electron chi connectivity index (χ4n) is 2.71. The quantitative estimate of drug-likeness (QED) is 0.792. The SMILES string of the molecule is CCOC(=O)C1CCN(C(=O)C2CC(F)(F)CN2)CC1.Cl. The molecule has 8 heteroatoms. The van der Waals surface area contributed by atoms with Gasteiger partial charge in [0.1, 0.15) is 0 Å². The Balaban J connectivity index is 0.00000220. The van der Waals surface area contributed by atoms with Crippen molar-refractivity contribution in [1.82, 2.24) is 10.2 Å². The van der Waals surface area contributed by atoms with Gasteiger partial charge in [-0.15, -0.1) is 12.4 Å². The topological polar surface area (TPSA) is 58.6 Å². The Kier molecular flexibility index (Phi) is 6.34. The van der Waals surface area contributed by atoms with Crippen LogP contribution < -0.4 is 5.32 Å². The van der Waals surface area contributed by atoms with Gasteiger partial charge in [-0.25, -0.2) is 8.78 Å². The van der Waals surface area contributed by atoms with Gasteiger partial charge in [0.2, 0.25) is 5.91 Å². The van der Waals surface area contributed by atoms with Crippen LogP contribution in [0, 0.1) is 5.92 Å². The minimum Gasteiger partial charge on any atom is -0.466 e. The Morgan fingerprint density at radius 3 is 2.43 bits per heavy atom. The molecule has 2 heterocycles. The van der Waals surface area contributed by atoms with Gasteiger partial charge in [-0.05, 0) is 19.8 Å². The van der Waals surface area contributed by atoms with Crippen molar-refractivity contribution in [1.29, 1.82) is 0 Å². The fraction of sp³-hybridized carbons (Fsp3) is 0.846. The van der Waals surface area contributed by atoms with E-state index < -0.39 is 24.9 Å². The molecule has 0 aromatic rings. The number of nitrogens with zero attached hydrogens (tertiary/aromatic N) is 1. The number of nitrogens with one attached hydrogen (secondary N) is 1. The van der Waals surface area contributed by atoms with Crippen LogP contribution in [0.25, 0.3) is 0 Å². The number of hydrogen-bond acceptors (Lipinski definition) is 4. The lowest BCUT2D eigenvalue weighted by atomic mass is 9.96. The average molecular weight is 327 g/mol. The zero-order valence-electron chi connectivity index (χ0n) is 11.9. The number of esters is 1. The number of likely N-dealkylation sites (tertiary alicyclic amines) is 1. The summed E-state index contributed by atoms with van der Waals surface area (Å²) in [5, 5.41) is 2.57. The molecular weight excluding hydrogens is 306 g/mol. The molecule has 2 rings (SSSR count). The first-order valence-corrected chi connectivity index (χ1v) is 6.99. The standard InChI is InChI=1S/C13H20F2N2O3.ClH/c1-2-20-12(19)9-3-5-17(6-4-9)11(18)10-7-13(14,15)8-16-10;/h9-10,16H,2-8H2,1H3;1H. The molecule has 2 aliphatic rings. The summed E-state index contributed by atoms with van der Waals surface area (Å²) in [5.74, 6) is -3.50. The van der Waals surface area contributed by atoms with Crippen LogP contribution in [0.5, 0.6) is 0 Å². The first-order chi connectivity index (χ1) is 9.43. The number of carbonyl (C=O) groups excluding carboxylic acids is 2. The maximum atomic E-state index is 13.1. The molecule has 2 aliphatic heterocycles. The lowest BCUT2D eigenvalue weighted by Crippen LogP contribution is -2.47. The highest BCUT2D eigenvalue weighted by atomic mass is 35.5. The molecule has 0 radical (unpaired) electrons. The zero-order valence-corrected chi connectivity index (χ0v) is 12.8. The number of ether oxygens (including phenoxy) is 1. The number of piperidine rings is 1. The van der Waals surface area contributed by atoms with Crippen molar-refractivity contribution < 1.29 is 23.1 Å². The molecule has 0 bridgehead atoms. The minimum absolute atomic E-state index is 0. The lowest BCUT2D eigenvalue weighted by molar-refractivity contribution is -0.151. The van der Waals surface area contributed by atoms with Crippen LogP contribution in [0.3, 0.4) is 0 Å². The summed E-state index contributed by atoms with van der Waals surface area (Å²) in [6.07, 6.45) is 0.630. The molecule has 0 spiro atoms. The maximum Gasteiger partial charge on any atom is 0.309 e. The molecule has 2 saturated heterocycles. The zero-order chi connectivity index (χ0) is 14.8. The van der Waals surface area contributed by atoms with E-state index in [0.717, 1.165) is 0 Å². The number of rotatable bonds is 3. The molecule has 2 fully saturated rings. The van der Waals surface area contributed by atoms with Crippen LogP contribution in [0.4, 0.5) is 8.78 Å². The largest absolute Gasteiger partial charge is 0.466 e. The van der Waals surface area contributed by atoms with Crippen molar-refractivity contribution in [3.8, 4) is 0 Å². The maximum absolute atomic E-state index is 13.1. The second-order valence-corrected chi connectivity index (χ2v) is 5.35. The van der Waals surface area contributed by atoms with E-state index in [1.165, 1.54) is 0 Å². The average Bonchev–Trinajstić information content (AvgIpc) is 2.79. The van der Waals surface area contributed by atoms with E-state index in [4.69, 9.17) is 4.74 Å². The van der Waals surface area contributed by atoms with Crippen molar-refractivity contribution in [2.75, 3.05) is 26.2 Å². The van der Waals surface area contributed by atoms with E-state index in [-0.39, 0.29) is 30.2 Å². The molecule has 122 valence electrons. The van der Waals surface area contributed by atoms with Crippen LogP contribution in [-0.4, -0.2) is 55.0 Å². The molecule has 1 atom stereocenters. The summed E-state index contributed by atoms with van der Waals surface area (Å²) < 4.78 is 31.1. The lowest BCUT2D eigenvalue weighted by Gasteiger charge is -2.32. The Morgan fingerprint density at radius 2 is 1.95 bits per heavy atom. The van der Waals surface area contributed by atoms with Crippen LogP contribution in [0.2, 0.25) is 0 Å². The Bertz CT molecular complexity index is 388. The first kappa shape index (κ1) is 18.1. The van der Waals surface area contributed by atoms with Gasteiger partial charge in [0.15, 0.2) is 0 Å². The third-order valence-corrected chi connectivity index (χ3v) is 3.83. The summed E-state index contributed by atoms with van der Waals surface area (Å²) in [7, 11) is 0. The third kappa shape index (κ3) is 4.51. The van der Waals surface area contributed by atoms with E-state index in [2.05, 4.69) is 5.32 Å². The third-order valence-electron chi connectivity index (χ3n) is 3.83. The molecule has 5 nitrogen and oxygen atoms in total. The molecule has 1 amide bonds. The minimum atomic E-state index is -2.80. The van der Waals surface area contributed by atoms with E-state index in [0.29, 0.717) is 32.5 Å². The number of carbonyl (C=O) groups is 2. The highest BCUT2D eigenvalue weighted by molar-refractivity contribution is 5.85. The van der Waals surface area contributed by atoms with E-state index in [1.807, 2.05) is 0 Å². The van der Waals surface area contributed by atoms with Crippen LogP contribution in [0.1, 0.15) is 26.2 Å². The molecule has 0 saturated carbocycles. The second-order valence-electron chi connectivity index (χ2n) is 5.35. The predicted octanol–water partition coefficient (Wildman–Crippen LogP) is 1.21. The highest BCUT2D eigenvalue weighted by Gasteiger charge is 2.44. The normalized spacial score (nSPS) is 25.3. The highest BCUT2D eigenvalue weighted by Crippen LogP contribution is 2.27. The Hall–Kier alpha value is -0.950. The molecule has 0 aromatic heterocycles. The summed E-state index contributed by atoms with van der Waals surface area (Å²) in [6, 6.07) is -0.802. The second kappa shape index (κ2) is 7.35. The molecule has 1 unspecified atom stereocenters. The van der Waals surface area contributed by atoms with Gasteiger partial charge in [0.25, 0.3) is 5.92 Å². The van der Waals surface area contributed by atoms with Crippen LogP contribution in [-0.2, 0) is 14.3 Å². The van der Waals surface area contributed by atoms with Gasteiger partial charge in [-0.3, -0.25) is 14.9 Å². The van der Waals surface area contributed by atoms with Crippen molar-refractivity contribution in [2.24, 2.45) is 5.92 Å². The fourth-order valence-corrected chi connectivity index (χ4v) is 2.71. The van der Waals surface area contributed by atoms with Crippen molar-refractivity contribution >= 4 is 24.3 Å². The summed E-state index contributed by atoms with van der Waals surface area (Å²) in [5.41, 5.74) is 0. The number of halogens is 3. The molecular formula is C13H21ClF2N2O3. The van der Waals surface area contributed by atoms with Gasteiger partial charge < -0.3 is 9.64 Å². The monoisotopic (exact) mass is 326 g/mol. The van der Waals surface area contributed by atoms with Crippen LogP contribution in [0.15, 0.2) is 0 Å². The Labute approximate surface area is 128 Å². The van der Waals surface area contributed by atoms with Gasteiger partial charge in [-0.1, -0.05) is 0 Å². The van der Waals surface area contributed by atoms with Gasteiger partial charge in [-0.2, -0.15) is 0 Å². The van der Waals surface area contributed by atoms with Crippen molar-refractivity contribution in [3.63, 3.8) is 0 Å². The molecule has 0 aliphatic carbocycles. The van der Waals surface area contributed by atoms with Crippen LogP contribution >= 0.6 is 12.4 Å². The summed E-state index contributed by atoms with van der Waals surface area (Å²) in [6.45, 7) is 2.50. The van der Waals surface area contributed by atoms with Crippen molar-refractivity contribution in [3.05, 3.63) is 0 Å². The summed E-state index contributed by atoms with van der Waals surface area (Å²) in [4.78, 5) is 25.2. The van der Waals surface area contributed by atoms with Crippen molar-refractivity contribution in [2.45, 2.75) is 38.2 Å². The molecule has 0 aromatic carbocycles. The predicted molar refractivity (Wildman–Crippen MR) is 74.5 cm³/mol. The van der Waals surface area contributed by atoms with Gasteiger partial charge in [0.05, 0.1) is 25.1 Å². The summed E-state index contributed by atoms with van der Waals surface area (Å²) >= 11 is 0. The van der Waals surface area contributed by atoms with Gasteiger partial charge >= 0.3 is 5.97 Å². The number of alkyl halides is 2. The first-order valence-electron chi connectivity index (χ1n) is 6.99.